The quantitative estimate of drug-likeness (QED) is 0.816. The average Bonchev–Trinajstić information content (AvgIpc) is 2.82. The van der Waals surface area contributed by atoms with Gasteiger partial charge in [0, 0.05) is 23.5 Å². The van der Waals surface area contributed by atoms with E-state index in [0.29, 0.717) is 9.80 Å². The number of allylic oxidation sites excluding steroid dienone is 1. The Kier molecular flexibility index (Phi) is 3.84. The molecule has 116 valence electrons. The Labute approximate surface area is 130 Å². The third-order valence-electron chi connectivity index (χ3n) is 4.49. The molecule has 0 spiro atoms. The Morgan fingerprint density at radius 3 is 2.55 bits per heavy atom. The molecule has 2 N–H and O–H groups in total. The SMILES string of the molecule is CC(O)C1C(=O)C2C(C(=O)O)=C([S+]([O-])c3ccccc3)CC21. The fourth-order valence-electron chi connectivity index (χ4n) is 3.53. The second-order valence-electron chi connectivity index (χ2n) is 5.74. The van der Waals surface area contributed by atoms with Gasteiger partial charge >= 0.3 is 5.97 Å². The summed E-state index contributed by atoms with van der Waals surface area (Å²) in [6, 6.07) is 8.62. The number of carboxylic acid groups (broad SMARTS) is 1. The number of ketones is 1. The number of Topliss-reactive ketones (excluding diaryl/α,β-unsaturated/α-hetero) is 1. The van der Waals surface area contributed by atoms with Crippen molar-refractivity contribution in [2.24, 2.45) is 17.8 Å². The Balaban J connectivity index is 1.97. The molecule has 3 rings (SSSR count). The van der Waals surface area contributed by atoms with Crippen molar-refractivity contribution in [3.05, 3.63) is 40.8 Å². The molecule has 0 heterocycles. The van der Waals surface area contributed by atoms with Gasteiger partial charge in [0.15, 0.2) is 4.90 Å². The van der Waals surface area contributed by atoms with Crippen LogP contribution in [0.2, 0.25) is 0 Å². The van der Waals surface area contributed by atoms with Gasteiger partial charge in [0.1, 0.15) is 10.7 Å². The predicted molar refractivity (Wildman–Crippen MR) is 79.3 cm³/mol. The first-order valence-corrected chi connectivity index (χ1v) is 8.23. The molecule has 1 saturated carbocycles. The van der Waals surface area contributed by atoms with Crippen molar-refractivity contribution in [2.75, 3.05) is 0 Å². The van der Waals surface area contributed by atoms with Crippen LogP contribution in [0, 0.1) is 17.8 Å². The molecular formula is C16H16O5S. The van der Waals surface area contributed by atoms with E-state index in [2.05, 4.69) is 0 Å². The Bertz CT molecular complexity index is 652. The fourth-order valence-corrected chi connectivity index (χ4v) is 4.97. The summed E-state index contributed by atoms with van der Waals surface area (Å²) < 4.78 is 12.7. The summed E-state index contributed by atoms with van der Waals surface area (Å²) in [5, 5.41) is 19.1. The third kappa shape index (κ3) is 2.18. The van der Waals surface area contributed by atoms with Crippen LogP contribution < -0.4 is 0 Å². The highest BCUT2D eigenvalue weighted by atomic mass is 32.2. The summed E-state index contributed by atoms with van der Waals surface area (Å²) in [7, 11) is 0. The summed E-state index contributed by atoms with van der Waals surface area (Å²) >= 11 is -1.59. The number of aliphatic hydroxyl groups excluding tert-OH is 1. The maximum atomic E-state index is 12.7. The lowest BCUT2D eigenvalue weighted by atomic mass is 9.61. The van der Waals surface area contributed by atoms with Crippen molar-refractivity contribution < 1.29 is 24.4 Å². The number of carboxylic acids is 1. The molecule has 0 aromatic heterocycles. The van der Waals surface area contributed by atoms with Gasteiger partial charge in [-0.05, 0) is 25.0 Å². The van der Waals surface area contributed by atoms with Crippen LogP contribution in [-0.4, -0.2) is 32.6 Å². The number of aliphatic hydroxyl groups is 1. The minimum Gasteiger partial charge on any atom is -0.607 e. The van der Waals surface area contributed by atoms with E-state index in [0.717, 1.165) is 0 Å². The summed E-state index contributed by atoms with van der Waals surface area (Å²) in [5.74, 6) is -2.97. The number of hydrogen-bond donors (Lipinski definition) is 2. The molecule has 6 heteroatoms. The van der Waals surface area contributed by atoms with Crippen LogP contribution in [0.3, 0.4) is 0 Å². The highest BCUT2D eigenvalue weighted by Crippen LogP contribution is 2.54. The molecule has 1 fully saturated rings. The van der Waals surface area contributed by atoms with Crippen molar-refractivity contribution in [3.8, 4) is 0 Å². The van der Waals surface area contributed by atoms with Gasteiger partial charge in [-0.1, -0.05) is 18.2 Å². The van der Waals surface area contributed by atoms with Gasteiger partial charge in [-0.15, -0.1) is 0 Å². The van der Waals surface area contributed by atoms with E-state index < -0.39 is 35.1 Å². The van der Waals surface area contributed by atoms with Crippen LogP contribution in [-0.2, 0) is 20.8 Å². The number of rotatable bonds is 4. The number of carbonyl (C=O) groups excluding carboxylic acids is 1. The Morgan fingerprint density at radius 2 is 2.00 bits per heavy atom. The lowest BCUT2D eigenvalue weighted by Gasteiger charge is -2.40. The first kappa shape index (κ1) is 15.3. The van der Waals surface area contributed by atoms with Crippen molar-refractivity contribution in [1.29, 1.82) is 0 Å². The standard InChI is InChI=1S/C16H16O5S/c1-8(17)12-10-7-11(14(16(19)20)13(10)15(12)18)22(21)9-5-3-2-4-6-9/h2-6,8,10,12-13,17H,7H2,1H3,(H,19,20). The summed E-state index contributed by atoms with van der Waals surface area (Å²) in [5.41, 5.74) is -0.0333. The van der Waals surface area contributed by atoms with Gasteiger partial charge < -0.3 is 14.8 Å². The van der Waals surface area contributed by atoms with Crippen LogP contribution in [0.4, 0.5) is 0 Å². The van der Waals surface area contributed by atoms with Crippen LogP contribution in [0.1, 0.15) is 13.3 Å². The second-order valence-corrected chi connectivity index (χ2v) is 7.24. The minimum absolute atomic E-state index is 0.0333. The maximum Gasteiger partial charge on any atom is 0.337 e. The molecule has 0 radical (unpaired) electrons. The van der Waals surface area contributed by atoms with Gasteiger partial charge in [0.2, 0.25) is 0 Å². The molecule has 1 aromatic carbocycles. The summed E-state index contributed by atoms with van der Waals surface area (Å²) in [4.78, 5) is 24.5. The van der Waals surface area contributed by atoms with E-state index >= 15 is 0 Å². The van der Waals surface area contributed by atoms with Crippen LogP contribution in [0.25, 0.3) is 0 Å². The van der Waals surface area contributed by atoms with Crippen LogP contribution in [0.15, 0.2) is 45.7 Å². The number of fused-ring (bicyclic) bond motifs is 1. The lowest BCUT2D eigenvalue weighted by molar-refractivity contribution is -0.149. The highest BCUT2D eigenvalue weighted by molar-refractivity contribution is 7.95. The zero-order valence-electron chi connectivity index (χ0n) is 11.9. The summed E-state index contributed by atoms with van der Waals surface area (Å²) in [6.45, 7) is 1.53. The predicted octanol–water partition coefficient (Wildman–Crippen LogP) is 1.35. The van der Waals surface area contributed by atoms with E-state index in [9.17, 15) is 24.4 Å². The zero-order chi connectivity index (χ0) is 16.0. The van der Waals surface area contributed by atoms with E-state index in [1.165, 1.54) is 6.92 Å². The molecule has 5 atom stereocenters. The average molecular weight is 320 g/mol. The van der Waals surface area contributed by atoms with Crippen molar-refractivity contribution in [1.82, 2.24) is 0 Å². The van der Waals surface area contributed by atoms with Gasteiger partial charge in [0.25, 0.3) is 0 Å². The fraction of sp³-hybridized carbons (Fsp3) is 0.375. The molecule has 0 bridgehead atoms. The van der Waals surface area contributed by atoms with Gasteiger partial charge in [0.05, 0.1) is 17.6 Å². The van der Waals surface area contributed by atoms with Gasteiger partial charge in [-0.25, -0.2) is 4.79 Å². The Hall–Kier alpha value is -1.63. The molecule has 22 heavy (non-hydrogen) atoms. The molecule has 1 aromatic rings. The Morgan fingerprint density at radius 1 is 1.36 bits per heavy atom. The molecule has 0 aliphatic heterocycles. The number of carbonyl (C=O) groups is 2. The van der Waals surface area contributed by atoms with Crippen LogP contribution in [0.5, 0.6) is 0 Å². The van der Waals surface area contributed by atoms with E-state index in [-0.39, 0.29) is 23.7 Å². The van der Waals surface area contributed by atoms with Crippen molar-refractivity contribution >= 4 is 22.9 Å². The maximum absolute atomic E-state index is 12.7. The summed E-state index contributed by atoms with van der Waals surface area (Å²) in [6.07, 6.45) is -0.525. The zero-order valence-corrected chi connectivity index (χ0v) is 12.7. The molecule has 5 nitrogen and oxygen atoms in total. The van der Waals surface area contributed by atoms with Crippen molar-refractivity contribution in [2.45, 2.75) is 24.3 Å². The molecule has 0 amide bonds. The second kappa shape index (κ2) is 5.53. The molecule has 0 saturated heterocycles. The largest absolute Gasteiger partial charge is 0.607 e. The van der Waals surface area contributed by atoms with E-state index in [1.807, 2.05) is 0 Å². The molecule has 5 unspecified atom stereocenters. The third-order valence-corrected chi connectivity index (χ3v) is 6.02. The number of benzene rings is 1. The highest BCUT2D eigenvalue weighted by Gasteiger charge is 2.61. The smallest absolute Gasteiger partial charge is 0.337 e. The normalized spacial score (nSPS) is 29.8. The lowest BCUT2D eigenvalue weighted by Crippen LogP contribution is -2.51. The molecular weight excluding hydrogens is 304 g/mol. The van der Waals surface area contributed by atoms with E-state index in [1.54, 1.807) is 30.3 Å². The monoisotopic (exact) mass is 320 g/mol. The number of hydrogen-bond acceptors (Lipinski definition) is 4. The van der Waals surface area contributed by atoms with Gasteiger partial charge in [-0.3, -0.25) is 4.79 Å². The number of aliphatic carboxylic acids is 1. The van der Waals surface area contributed by atoms with Crippen LogP contribution >= 0.6 is 0 Å². The van der Waals surface area contributed by atoms with Crippen molar-refractivity contribution in [3.63, 3.8) is 0 Å². The first-order valence-electron chi connectivity index (χ1n) is 7.08. The van der Waals surface area contributed by atoms with Gasteiger partial charge in [-0.2, -0.15) is 0 Å². The first-order chi connectivity index (χ1) is 10.4. The molecule has 2 aliphatic carbocycles. The molecule has 2 aliphatic rings. The minimum atomic E-state index is -1.59. The van der Waals surface area contributed by atoms with E-state index in [4.69, 9.17) is 0 Å². The topological polar surface area (TPSA) is 97.7 Å².